The Morgan fingerprint density at radius 1 is 1.38 bits per heavy atom. The zero-order valence-electron chi connectivity index (χ0n) is 12.7. The zero-order valence-corrected chi connectivity index (χ0v) is 12.7. The molecule has 0 N–H and O–H groups in total. The van der Waals surface area contributed by atoms with E-state index in [1.165, 1.54) is 7.11 Å². The third-order valence-electron chi connectivity index (χ3n) is 3.08. The molecule has 0 amide bonds. The minimum atomic E-state index is -0.367. The Hall–Kier alpha value is -2.37. The van der Waals surface area contributed by atoms with Crippen molar-refractivity contribution in [3.05, 3.63) is 41.5 Å². The van der Waals surface area contributed by atoms with Crippen LogP contribution in [-0.2, 0) is 11.3 Å². The molecule has 0 atom stereocenters. The lowest BCUT2D eigenvalue weighted by Crippen LogP contribution is -2.20. The van der Waals surface area contributed by atoms with E-state index < -0.39 is 0 Å². The summed E-state index contributed by atoms with van der Waals surface area (Å²) in [5.74, 6) is 1.02. The molecule has 0 unspecified atom stereocenters. The van der Waals surface area contributed by atoms with E-state index >= 15 is 0 Å². The monoisotopic (exact) mass is 289 g/mol. The fraction of sp³-hybridized carbons (Fsp3) is 0.400. The maximum absolute atomic E-state index is 11.8. The second-order valence-electron chi connectivity index (χ2n) is 5.07. The molecular weight excluding hydrogens is 270 g/mol. The summed E-state index contributed by atoms with van der Waals surface area (Å²) in [6.07, 6.45) is 0. The van der Waals surface area contributed by atoms with Gasteiger partial charge in [0, 0.05) is 13.0 Å². The van der Waals surface area contributed by atoms with Crippen molar-refractivity contribution in [2.45, 2.75) is 26.3 Å². The Morgan fingerprint density at radius 3 is 2.71 bits per heavy atom. The molecule has 1 aromatic carbocycles. The van der Waals surface area contributed by atoms with Gasteiger partial charge in [-0.2, -0.15) is 4.98 Å². The summed E-state index contributed by atoms with van der Waals surface area (Å²) in [6.45, 7) is 4.44. The van der Waals surface area contributed by atoms with Crippen LogP contribution in [0, 0.1) is 0 Å². The number of methoxy groups -OCH3 is 1. The van der Waals surface area contributed by atoms with Crippen molar-refractivity contribution in [1.29, 1.82) is 0 Å². The standard InChI is InChI=1S/C15H19N3O3/c1-10(2)14-16-13(17-21-14)9-18(3)12-8-6-5-7-11(12)15(19)20-4/h5-8,10H,9H2,1-4H3. The van der Waals surface area contributed by atoms with Gasteiger partial charge in [0.1, 0.15) is 0 Å². The number of hydrogen-bond donors (Lipinski definition) is 0. The van der Waals surface area contributed by atoms with Crippen molar-refractivity contribution in [3.8, 4) is 0 Å². The van der Waals surface area contributed by atoms with Gasteiger partial charge in [-0.05, 0) is 12.1 Å². The topological polar surface area (TPSA) is 68.5 Å². The highest BCUT2D eigenvalue weighted by atomic mass is 16.5. The molecular formula is C15H19N3O3. The summed E-state index contributed by atoms with van der Waals surface area (Å²) < 4.78 is 9.98. The maximum atomic E-state index is 11.8. The van der Waals surface area contributed by atoms with E-state index in [9.17, 15) is 4.79 Å². The van der Waals surface area contributed by atoms with Gasteiger partial charge >= 0.3 is 5.97 Å². The molecule has 2 rings (SSSR count). The average Bonchev–Trinajstić information content (AvgIpc) is 2.95. The van der Waals surface area contributed by atoms with Crippen molar-refractivity contribution in [1.82, 2.24) is 10.1 Å². The molecule has 0 radical (unpaired) electrons. The molecule has 0 spiro atoms. The largest absolute Gasteiger partial charge is 0.465 e. The number of rotatable bonds is 5. The third kappa shape index (κ3) is 3.39. The van der Waals surface area contributed by atoms with Crippen LogP contribution in [0.5, 0.6) is 0 Å². The highest BCUT2D eigenvalue weighted by molar-refractivity contribution is 5.95. The number of nitrogens with zero attached hydrogens (tertiary/aromatic N) is 3. The third-order valence-corrected chi connectivity index (χ3v) is 3.08. The predicted molar refractivity (Wildman–Crippen MR) is 78.3 cm³/mol. The molecule has 0 aliphatic heterocycles. The van der Waals surface area contributed by atoms with Crippen LogP contribution >= 0.6 is 0 Å². The fourth-order valence-electron chi connectivity index (χ4n) is 1.95. The van der Waals surface area contributed by atoms with E-state index in [4.69, 9.17) is 9.26 Å². The van der Waals surface area contributed by atoms with Gasteiger partial charge in [-0.15, -0.1) is 0 Å². The summed E-state index contributed by atoms with van der Waals surface area (Å²) >= 11 is 0. The first-order valence-electron chi connectivity index (χ1n) is 6.74. The number of ether oxygens (including phenoxy) is 1. The van der Waals surface area contributed by atoms with Gasteiger partial charge in [-0.3, -0.25) is 0 Å². The second-order valence-corrected chi connectivity index (χ2v) is 5.07. The van der Waals surface area contributed by atoms with Gasteiger partial charge in [0.25, 0.3) is 0 Å². The molecule has 0 saturated heterocycles. The van der Waals surface area contributed by atoms with E-state index in [-0.39, 0.29) is 11.9 Å². The molecule has 6 heteroatoms. The quantitative estimate of drug-likeness (QED) is 0.788. The van der Waals surface area contributed by atoms with Crippen LogP contribution in [0.3, 0.4) is 0 Å². The predicted octanol–water partition coefficient (Wildman–Crippen LogP) is 2.62. The minimum absolute atomic E-state index is 0.193. The smallest absolute Gasteiger partial charge is 0.339 e. The van der Waals surface area contributed by atoms with Crippen molar-refractivity contribution < 1.29 is 14.1 Å². The zero-order chi connectivity index (χ0) is 15.4. The molecule has 0 aliphatic rings. The Balaban J connectivity index is 2.20. The Labute approximate surface area is 123 Å². The van der Waals surface area contributed by atoms with Gasteiger partial charge in [-0.1, -0.05) is 31.1 Å². The van der Waals surface area contributed by atoms with E-state index in [2.05, 4.69) is 10.1 Å². The van der Waals surface area contributed by atoms with Crippen LogP contribution in [0.25, 0.3) is 0 Å². The second kappa shape index (κ2) is 6.39. The highest BCUT2D eigenvalue weighted by Crippen LogP contribution is 2.21. The Bertz CT molecular complexity index is 622. The molecule has 6 nitrogen and oxygen atoms in total. The molecule has 2 aromatic rings. The van der Waals surface area contributed by atoms with E-state index in [1.54, 1.807) is 12.1 Å². The first-order valence-corrected chi connectivity index (χ1v) is 6.74. The van der Waals surface area contributed by atoms with Crippen LogP contribution in [0.15, 0.2) is 28.8 Å². The van der Waals surface area contributed by atoms with Crippen LogP contribution in [0.1, 0.15) is 41.8 Å². The number of carbonyl (C=O) groups excluding carboxylic acids is 1. The number of esters is 1. The van der Waals surface area contributed by atoms with E-state index in [0.717, 1.165) is 5.69 Å². The number of para-hydroxylation sites is 1. The molecule has 1 heterocycles. The SMILES string of the molecule is COC(=O)c1ccccc1N(C)Cc1noc(C(C)C)n1. The molecule has 0 aliphatic carbocycles. The lowest BCUT2D eigenvalue weighted by atomic mass is 10.1. The minimum Gasteiger partial charge on any atom is -0.465 e. The molecule has 21 heavy (non-hydrogen) atoms. The Kier molecular flexibility index (Phi) is 4.57. The molecule has 0 fully saturated rings. The van der Waals surface area contributed by atoms with Crippen LogP contribution in [-0.4, -0.2) is 30.3 Å². The van der Waals surface area contributed by atoms with Gasteiger partial charge in [-0.25, -0.2) is 4.79 Å². The molecule has 0 saturated carbocycles. The van der Waals surface area contributed by atoms with Crippen LogP contribution in [0.4, 0.5) is 5.69 Å². The molecule has 1 aromatic heterocycles. The van der Waals surface area contributed by atoms with E-state index in [1.807, 2.05) is 37.9 Å². The summed E-state index contributed by atoms with van der Waals surface area (Å²) in [6, 6.07) is 7.26. The van der Waals surface area contributed by atoms with Crippen LogP contribution in [0.2, 0.25) is 0 Å². The van der Waals surface area contributed by atoms with Gasteiger partial charge in [0.05, 0.1) is 24.9 Å². The average molecular weight is 289 g/mol. The van der Waals surface area contributed by atoms with Crippen LogP contribution < -0.4 is 4.90 Å². The van der Waals surface area contributed by atoms with Crippen molar-refractivity contribution in [2.75, 3.05) is 19.1 Å². The van der Waals surface area contributed by atoms with Crippen molar-refractivity contribution >= 4 is 11.7 Å². The van der Waals surface area contributed by atoms with Gasteiger partial charge < -0.3 is 14.2 Å². The first kappa shape index (κ1) is 15.0. The number of carbonyl (C=O) groups is 1. The highest BCUT2D eigenvalue weighted by Gasteiger charge is 2.17. The lowest BCUT2D eigenvalue weighted by molar-refractivity contribution is 0.0601. The van der Waals surface area contributed by atoms with Gasteiger partial charge in [0.2, 0.25) is 5.89 Å². The number of hydrogen-bond acceptors (Lipinski definition) is 6. The molecule has 112 valence electrons. The first-order chi connectivity index (χ1) is 10.0. The Morgan fingerprint density at radius 2 is 2.10 bits per heavy atom. The fourth-order valence-corrected chi connectivity index (χ4v) is 1.95. The number of anilines is 1. The summed E-state index contributed by atoms with van der Waals surface area (Å²) in [5.41, 5.74) is 1.27. The lowest BCUT2D eigenvalue weighted by Gasteiger charge is -2.19. The summed E-state index contributed by atoms with van der Waals surface area (Å²) in [4.78, 5) is 18.0. The van der Waals surface area contributed by atoms with E-state index in [0.29, 0.717) is 23.8 Å². The molecule has 0 bridgehead atoms. The number of benzene rings is 1. The van der Waals surface area contributed by atoms with Gasteiger partial charge in [0.15, 0.2) is 5.82 Å². The maximum Gasteiger partial charge on any atom is 0.339 e. The van der Waals surface area contributed by atoms with Crippen molar-refractivity contribution in [2.24, 2.45) is 0 Å². The summed E-state index contributed by atoms with van der Waals surface area (Å²) in [7, 11) is 3.24. The van der Waals surface area contributed by atoms with Crippen molar-refractivity contribution in [3.63, 3.8) is 0 Å². The summed E-state index contributed by atoms with van der Waals surface area (Å²) in [5, 5.41) is 3.95. The normalized spacial score (nSPS) is 10.7. The number of aromatic nitrogens is 2.